The first kappa shape index (κ1) is 35.2. The molecule has 2 aromatic heterocycles. The quantitative estimate of drug-likeness (QED) is 0.214. The number of nitrogens with zero attached hydrogens (tertiary/aromatic N) is 3. The summed E-state index contributed by atoms with van der Waals surface area (Å²) in [5, 5.41) is 7.21. The van der Waals surface area contributed by atoms with E-state index in [0.717, 1.165) is 41.0 Å². The molecule has 5 rings (SSSR count). The highest BCUT2D eigenvalue weighted by molar-refractivity contribution is 7.13. The minimum absolute atomic E-state index is 0.00911. The number of ether oxygens (including phenoxy) is 2. The van der Waals surface area contributed by atoms with Gasteiger partial charge in [-0.05, 0) is 60.1 Å². The van der Waals surface area contributed by atoms with Gasteiger partial charge in [0.15, 0.2) is 14.1 Å². The van der Waals surface area contributed by atoms with E-state index in [2.05, 4.69) is 61.5 Å². The van der Waals surface area contributed by atoms with Gasteiger partial charge in [0.25, 0.3) is 5.88 Å². The zero-order valence-corrected chi connectivity index (χ0v) is 30.8. The predicted octanol–water partition coefficient (Wildman–Crippen LogP) is 7.06. The maximum Gasteiger partial charge on any atom is 0.256 e. The molecular formula is C35H50N4O6SSi. The highest BCUT2D eigenvalue weighted by Crippen LogP contribution is 2.40. The topological polar surface area (TPSA) is 116 Å². The molecule has 4 heterocycles. The summed E-state index contributed by atoms with van der Waals surface area (Å²) >= 11 is 1.61. The second-order valence-electron chi connectivity index (χ2n) is 14.6. The van der Waals surface area contributed by atoms with Crippen molar-refractivity contribution in [3.8, 4) is 16.3 Å². The third-order valence-corrected chi connectivity index (χ3v) is 15.2. The fraction of sp³-hybridized carbons (Fsp3) is 0.600. The number of benzene rings is 1. The van der Waals surface area contributed by atoms with E-state index in [1.807, 2.05) is 38.4 Å². The molecule has 10 nitrogen and oxygen atoms in total. The van der Waals surface area contributed by atoms with Crippen molar-refractivity contribution >= 4 is 31.5 Å². The van der Waals surface area contributed by atoms with Gasteiger partial charge < -0.3 is 28.6 Å². The number of hydrogen-bond acceptors (Lipinski definition) is 9. The monoisotopic (exact) mass is 682 g/mol. The van der Waals surface area contributed by atoms with Crippen molar-refractivity contribution < 1.29 is 28.0 Å². The van der Waals surface area contributed by atoms with Crippen molar-refractivity contribution in [2.45, 2.75) is 116 Å². The van der Waals surface area contributed by atoms with Crippen molar-refractivity contribution in [1.29, 1.82) is 0 Å². The normalized spacial score (nSPS) is 21.2. The molecule has 256 valence electrons. The number of likely N-dealkylation sites (tertiary alicyclic amines) is 1. The molecule has 1 N–H and O–H groups in total. The highest BCUT2D eigenvalue weighted by Gasteiger charge is 2.47. The molecule has 47 heavy (non-hydrogen) atoms. The van der Waals surface area contributed by atoms with Gasteiger partial charge in [-0.3, -0.25) is 9.59 Å². The molecule has 2 unspecified atom stereocenters. The molecule has 2 aliphatic heterocycles. The molecule has 2 aliphatic rings. The van der Waals surface area contributed by atoms with E-state index in [4.69, 9.17) is 18.4 Å². The third kappa shape index (κ3) is 8.33. The third-order valence-electron chi connectivity index (χ3n) is 9.68. The second-order valence-corrected chi connectivity index (χ2v) is 20.2. The van der Waals surface area contributed by atoms with Crippen LogP contribution in [0.1, 0.15) is 83.2 Å². The van der Waals surface area contributed by atoms with Crippen LogP contribution in [0, 0.1) is 12.8 Å². The van der Waals surface area contributed by atoms with Gasteiger partial charge in [-0.25, -0.2) is 4.98 Å². The van der Waals surface area contributed by atoms with Crippen LogP contribution in [-0.4, -0.2) is 66.8 Å². The number of amides is 2. The molecule has 2 saturated heterocycles. The molecule has 0 spiro atoms. The number of aromatic nitrogens is 2. The number of rotatable bonds is 11. The molecule has 3 aromatic rings. The van der Waals surface area contributed by atoms with Gasteiger partial charge in [0.1, 0.15) is 12.0 Å². The largest absolute Gasteiger partial charge is 0.446 e. The van der Waals surface area contributed by atoms with Crippen LogP contribution in [0.4, 0.5) is 0 Å². The predicted molar refractivity (Wildman–Crippen MR) is 185 cm³/mol. The van der Waals surface area contributed by atoms with Crippen LogP contribution >= 0.6 is 11.3 Å². The minimum atomic E-state index is -2.16. The summed E-state index contributed by atoms with van der Waals surface area (Å²) in [7, 11) is -2.16. The minimum Gasteiger partial charge on any atom is -0.446 e. The fourth-order valence-corrected chi connectivity index (χ4v) is 8.12. The number of carbonyl (C=O) groups excluding carboxylic acids is 2. The Hall–Kier alpha value is -3.06. The van der Waals surface area contributed by atoms with Crippen molar-refractivity contribution in [3.05, 3.63) is 52.9 Å². The number of hydrogen-bond donors (Lipinski definition) is 1. The lowest BCUT2D eigenvalue weighted by atomic mass is 9.91. The van der Waals surface area contributed by atoms with E-state index in [0.29, 0.717) is 37.8 Å². The lowest BCUT2D eigenvalue weighted by Gasteiger charge is -2.38. The zero-order valence-electron chi connectivity index (χ0n) is 29.0. The van der Waals surface area contributed by atoms with E-state index in [1.165, 1.54) is 0 Å². The first-order chi connectivity index (χ1) is 22.2. The number of aryl methyl sites for hydroxylation is 1. The fourth-order valence-electron chi connectivity index (χ4n) is 5.96. The Bertz CT molecular complexity index is 1510. The maximum atomic E-state index is 14.4. The summed E-state index contributed by atoms with van der Waals surface area (Å²) in [5.41, 5.74) is 4.93. The second kappa shape index (κ2) is 14.6. The lowest BCUT2D eigenvalue weighted by Crippen LogP contribution is -2.48. The summed E-state index contributed by atoms with van der Waals surface area (Å²) in [6.45, 7) is 18.3. The van der Waals surface area contributed by atoms with E-state index in [9.17, 15) is 9.59 Å². The summed E-state index contributed by atoms with van der Waals surface area (Å²) in [5.74, 6) is -0.407. The molecule has 1 aromatic carbocycles. The van der Waals surface area contributed by atoms with Gasteiger partial charge in [-0.2, -0.15) is 0 Å². The molecule has 0 aliphatic carbocycles. The van der Waals surface area contributed by atoms with Crippen molar-refractivity contribution in [2.75, 3.05) is 13.2 Å². The van der Waals surface area contributed by atoms with E-state index < -0.39 is 20.3 Å². The summed E-state index contributed by atoms with van der Waals surface area (Å²) < 4.78 is 24.1. The first-order valence-electron chi connectivity index (χ1n) is 16.7. The van der Waals surface area contributed by atoms with Crippen molar-refractivity contribution in [3.63, 3.8) is 0 Å². The van der Waals surface area contributed by atoms with E-state index >= 15 is 0 Å². The van der Waals surface area contributed by atoms with Crippen LogP contribution in [0.5, 0.6) is 5.88 Å². The average Bonchev–Trinajstić information content (AvgIpc) is 3.76. The molecule has 4 atom stereocenters. The van der Waals surface area contributed by atoms with Crippen LogP contribution in [0.25, 0.3) is 10.4 Å². The molecular weight excluding hydrogens is 633 g/mol. The number of nitrogens with one attached hydrogen (secondary N) is 1. The average molecular weight is 683 g/mol. The smallest absolute Gasteiger partial charge is 0.256 e. The van der Waals surface area contributed by atoms with Gasteiger partial charge in [0.05, 0.1) is 28.8 Å². The van der Waals surface area contributed by atoms with Crippen LogP contribution in [0.2, 0.25) is 18.1 Å². The zero-order chi connectivity index (χ0) is 33.9. The Kier molecular flexibility index (Phi) is 10.9. The lowest BCUT2D eigenvalue weighted by molar-refractivity contribution is -0.141. The Balaban J connectivity index is 1.32. The van der Waals surface area contributed by atoms with Crippen LogP contribution in [0.15, 0.2) is 40.4 Å². The van der Waals surface area contributed by atoms with Crippen LogP contribution in [0.3, 0.4) is 0 Å². The van der Waals surface area contributed by atoms with Gasteiger partial charge >= 0.3 is 0 Å². The molecule has 0 radical (unpaired) electrons. The van der Waals surface area contributed by atoms with Gasteiger partial charge in [-0.1, -0.05) is 58.9 Å². The molecule has 0 saturated carbocycles. The Morgan fingerprint density at radius 1 is 1.17 bits per heavy atom. The Labute approximate surface area is 283 Å². The van der Waals surface area contributed by atoms with Gasteiger partial charge in [0.2, 0.25) is 18.1 Å². The first-order valence-corrected chi connectivity index (χ1v) is 20.5. The summed E-state index contributed by atoms with van der Waals surface area (Å²) in [4.78, 5) is 35.5. The SMILES string of the molecule is Cc1ncsc1-c1ccc(CNC(=O)[C@@H]2C[C@@H](O[Si](C)(C)C(C)(C)C)CN2C(=O)C(c2cc(OC3CCCCO3)no2)C(C)C)cc1. The summed E-state index contributed by atoms with van der Waals surface area (Å²) in [6.07, 6.45) is 2.63. The molecule has 0 bridgehead atoms. The maximum absolute atomic E-state index is 14.4. The molecule has 12 heteroatoms. The van der Waals surface area contributed by atoms with Gasteiger partial charge in [0, 0.05) is 32.0 Å². The summed E-state index contributed by atoms with van der Waals surface area (Å²) in [6, 6.07) is 9.16. The Morgan fingerprint density at radius 2 is 1.91 bits per heavy atom. The van der Waals surface area contributed by atoms with Crippen LogP contribution < -0.4 is 10.1 Å². The highest BCUT2D eigenvalue weighted by atomic mass is 32.1. The molecule has 2 amide bonds. The number of thiazole rings is 1. The van der Waals surface area contributed by atoms with E-state index in [-0.39, 0.29) is 35.2 Å². The molecule has 2 fully saturated rings. The van der Waals surface area contributed by atoms with Crippen molar-refractivity contribution in [1.82, 2.24) is 20.4 Å². The van der Waals surface area contributed by atoms with Gasteiger partial charge in [-0.15, -0.1) is 11.3 Å². The number of carbonyl (C=O) groups is 2. The van der Waals surface area contributed by atoms with E-state index in [1.54, 1.807) is 22.3 Å². The van der Waals surface area contributed by atoms with Crippen molar-refractivity contribution in [2.24, 2.45) is 5.92 Å². The Morgan fingerprint density at radius 3 is 2.53 bits per heavy atom. The standard InChI is InChI=1S/C35H50N4O6SSi/c1-22(2)31(28-18-29(38-44-28)43-30-11-9-10-16-42-30)34(41)39-20-26(45-47(7,8)35(4,5)6)17-27(39)33(40)36-19-24-12-14-25(15-13-24)32-23(3)37-21-46-32/h12-15,18,21-22,26-27,30-31H,9-11,16-17,19-20H2,1-8H3,(H,36,40)/t26-,27+,30?,31?/m1/s1. The van der Waals surface area contributed by atoms with Crippen LogP contribution in [-0.2, 0) is 25.3 Å².